The Hall–Kier alpha value is -2.57. The fraction of sp³-hybridized carbons (Fsp3) is 0.316. The Morgan fingerprint density at radius 2 is 1.44 bits per heavy atom. The van der Waals surface area contributed by atoms with Gasteiger partial charge in [0.25, 0.3) is 0 Å². The SMILES string of the molecule is COc1ccc(C(C(=O)c2ccc(OC)cc2O)C(OC)OC)cc1. The molecule has 6 heteroatoms. The van der Waals surface area contributed by atoms with E-state index < -0.39 is 12.2 Å². The predicted molar refractivity (Wildman–Crippen MR) is 92.5 cm³/mol. The molecule has 0 spiro atoms. The van der Waals surface area contributed by atoms with E-state index in [1.165, 1.54) is 33.5 Å². The molecule has 0 bridgehead atoms. The van der Waals surface area contributed by atoms with Gasteiger partial charge in [-0.3, -0.25) is 4.79 Å². The summed E-state index contributed by atoms with van der Waals surface area (Å²) in [7, 11) is 5.99. The molecule has 1 N–H and O–H groups in total. The van der Waals surface area contributed by atoms with Crippen LogP contribution in [0.15, 0.2) is 42.5 Å². The van der Waals surface area contributed by atoms with Gasteiger partial charge >= 0.3 is 0 Å². The van der Waals surface area contributed by atoms with E-state index in [0.717, 1.165) is 0 Å². The zero-order chi connectivity index (χ0) is 18.4. The van der Waals surface area contributed by atoms with Crippen molar-refractivity contribution in [3.05, 3.63) is 53.6 Å². The summed E-state index contributed by atoms with van der Waals surface area (Å²) in [5, 5.41) is 10.2. The van der Waals surface area contributed by atoms with Crippen molar-refractivity contribution >= 4 is 5.78 Å². The number of methoxy groups -OCH3 is 4. The Bertz CT molecular complexity index is 706. The second-order valence-electron chi connectivity index (χ2n) is 5.34. The van der Waals surface area contributed by atoms with Gasteiger partial charge in [-0.05, 0) is 29.8 Å². The minimum absolute atomic E-state index is 0.159. The summed E-state index contributed by atoms with van der Waals surface area (Å²) in [4.78, 5) is 13.1. The highest BCUT2D eigenvalue weighted by molar-refractivity contribution is 6.03. The van der Waals surface area contributed by atoms with Gasteiger partial charge < -0.3 is 24.1 Å². The molecule has 0 aliphatic carbocycles. The summed E-state index contributed by atoms with van der Waals surface area (Å²) in [6.45, 7) is 0. The predicted octanol–water partition coefficient (Wildman–Crippen LogP) is 2.99. The smallest absolute Gasteiger partial charge is 0.179 e. The molecule has 1 atom stereocenters. The third-order valence-electron chi connectivity index (χ3n) is 3.96. The topological polar surface area (TPSA) is 74.2 Å². The summed E-state index contributed by atoms with van der Waals surface area (Å²) in [6.07, 6.45) is -0.803. The minimum atomic E-state index is -0.803. The van der Waals surface area contributed by atoms with E-state index in [-0.39, 0.29) is 17.1 Å². The lowest BCUT2D eigenvalue weighted by molar-refractivity contribution is -0.110. The van der Waals surface area contributed by atoms with Crippen molar-refractivity contribution in [1.29, 1.82) is 0 Å². The molecule has 1 unspecified atom stereocenters. The van der Waals surface area contributed by atoms with E-state index in [0.29, 0.717) is 17.1 Å². The van der Waals surface area contributed by atoms with Gasteiger partial charge in [-0.25, -0.2) is 0 Å². The lowest BCUT2D eigenvalue weighted by atomic mass is 9.89. The van der Waals surface area contributed by atoms with Crippen LogP contribution in [0.1, 0.15) is 21.8 Å². The molecule has 134 valence electrons. The maximum Gasteiger partial charge on any atom is 0.179 e. The van der Waals surface area contributed by atoms with Crippen molar-refractivity contribution in [1.82, 2.24) is 0 Å². The molecule has 2 rings (SSSR count). The van der Waals surface area contributed by atoms with Crippen LogP contribution in [0.2, 0.25) is 0 Å². The van der Waals surface area contributed by atoms with Gasteiger partial charge in [0.2, 0.25) is 0 Å². The number of aromatic hydroxyl groups is 1. The van der Waals surface area contributed by atoms with E-state index in [2.05, 4.69) is 0 Å². The standard InChI is InChI=1S/C19H22O6/c1-22-13-7-5-12(6-8-13)17(19(24-3)25-4)18(21)15-10-9-14(23-2)11-16(15)20/h5-11,17,19-20H,1-4H3. The summed E-state index contributed by atoms with van der Waals surface area (Å²) in [5.41, 5.74) is 0.857. The molecule has 0 aliphatic rings. The molecule has 0 amide bonds. The maximum atomic E-state index is 13.1. The van der Waals surface area contributed by atoms with Crippen LogP contribution in [-0.2, 0) is 9.47 Å². The molecule has 0 fully saturated rings. The number of benzene rings is 2. The van der Waals surface area contributed by atoms with Crippen LogP contribution in [0.4, 0.5) is 0 Å². The molecule has 0 radical (unpaired) electrons. The molecular formula is C19H22O6. The van der Waals surface area contributed by atoms with Crippen LogP contribution in [-0.4, -0.2) is 45.6 Å². The van der Waals surface area contributed by atoms with Crippen molar-refractivity contribution in [2.45, 2.75) is 12.2 Å². The average molecular weight is 346 g/mol. The van der Waals surface area contributed by atoms with E-state index in [9.17, 15) is 9.90 Å². The zero-order valence-electron chi connectivity index (χ0n) is 14.7. The number of carbonyl (C=O) groups is 1. The lowest BCUT2D eigenvalue weighted by Crippen LogP contribution is -2.29. The van der Waals surface area contributed by atoms with Crippen LogP contribution in [0.3, 0.4) is 0 Å². The Morgan fingerprint density at radius 1 is 0.880 bits per heavy atom. The van der Waals surface area contributed by atoms with Crippen molar-refractivity contribution in [2.75, 3.05) is 28.4 Å². The zero-order valence-corrected chi connectivity index (χ0v) is 14.7. The van der Waals surface area contributed by atoms with Crippen molar-refractivity contribution in [3.63, 3.8) is 0 Å². The Kier molecular flexibility index (Phi) is 6.38. The van der Waals surface area contributed by atoms with E-state index in [1.54, 1.807) is 37.4 Å². The first-order chi connectivity index (χ1) is 12.0. The Balaban J connectivity index is 2.45. The van der Waals surface area contributed by atoms with Crippen LogP contribution in [0.25, 0.3) is 0 Å². The summed E-state index contributed by atoms with van der Waals surface area (Å²) in [6, 6.07) is 11.6. The number of hydrogen-bond donors (Lipinski definition) is 1. The van der Waals surface area contributed by atoms with Crippen molar-refractivity contribution < 1.29 is 28.8 Å². The Labute approximate surface area is 146 Å². The summed E-state index contributed by atoms with van der Waals surface area (Å²) in [5.74, 6) is -0.0910. The highest BCUT2D eigenvalue weighted by atomic mass is 16.7. The molecule has 0 aromatic heterocycles. The van der Waals surface area contributed by atoms with E-state index in [1.807, 2.05) is 0 Å². The minimum Gasteiger partial charge on any atom is -0.507 e. The van der Waals surface area contributed by atoms with Gasteiger partial charge in [-0.2, -0.15) is 0 Å². The third-order valence-corrected chi connectivity index (χ3v) is 3.96. The first-order valence-electron chi connectivity index (χ1n) is 7.66. The number of phenolic OH excluding ortho intramolecular Hbond substituents is 1. The quantitative estimate of drug-likeness (QED) is 0.585. The molecule has 25 heavy (non-hydrogen) atoms. The van der Waals surface area contributed by atoms with E-state index in [4.69, 9.17) is 18.9 Å². The monoisotopic (exact) mass is 346 g/mol. The molecular weight excluding hydrogens is 324 g/mol. The molecule has 0 aliphatic heterocycles. The van der Waals surface area contributed by atoms with Gasteiger partial charge in [0, 0.05) is 20.3 Å². The van der Waals surface area contributed by atoms with E-state index >= 15 is 0 Å². The highest BCUT2D eigenvalue weighted by Crippen LogP contribution is 2.32. The lowest BCUT2D eigenvalue weighted by Gasteiger charge is -2.24. The largest absolute Gasteiger partial charge is 0.507 e. The number of ketones is 1. The number of hydrogen-bond acceptors (Lipinski definition) is 6. The Morgan fingerprint density at radius 3 is 1.92 bits per heavy atom. The second-order valence-corrected chi connectivity index (χ2v) is 5.34. The fourth-order valence-corrected chi connectivity index (χ4v) is 2.63. The van der Waals surface area contributed by atoms with Gasteiger partial charge in [-0.15, -0.1) is 0 Å². The second kappa shape index (κ2) is 8.50. The first-order valence-corrected chi connectivity index (χ1v) is 7.66. The molecule has 0 saturated heterocycles. The van der Waals surface area contributed by atoms with Crippen LogP contribution in [0, 0.1) is 0 Å². The average Bonchev–Trinajstić information content (AvgIpc) is 2.65. The molecule has 6 nitrogen and oxygen atoms in total. The number of phenols is 1. The molecule has 2 aromatic carbocycles. The van der Waals surface area contributed by atoms with Crippen LogP contribution in [0.5, 0.6) is 17.2 Å². The van der Waals surface area contributed by atoms with Gasteiger partial charge in [0.15, 0.2) is 12.1 Å². The molecule has 2 aromatic rings. The number of rotatable bonds is 8. The number of carbonyl (C=O) groups excluding carboxylic acids is 1. The highest BCUT2D eigenvalue weighted by Gasteiger charge is 2.32. The summed E-state index contributed by atoms with van der Waals surface area (Å²) < 4.78 is 20.8. The van der Waals surface area contributed by atoms with Gasteiger partial charge in [-0.1, -0.05) is 12.1 Å². The van der Waals surface area contributed by atoms with Crippen LogP contribution < -0.4 is 9.47 Å². The number of Topliss-reactive ketones (excluding diaryl/α,β-unsaturated/α-hetero) is 1. The van der Waals surface area contributed by atoms with Crippen molar-refractivity contribution in [2.24, 2.45) is 0 Å². The maximum absolute atomic E-state index is 13.1. The van der Waals surface area contributed by atoms with Gasteiger partial charge in [0.1, 0.15) is 17.2 Å². The normalized spacial score (nSPS) is 12.0. The van der Waals surface area contributed by atoms with Crippen molar-refractivity contribution in [3.8, 4) is 17.2 Å². The molecule has 0 heterocycles. The first kappa shape index (κ1) is 18.8. The summed E-state index contributed by atoms with van der Waals surface area (Å²) >= 11 is 0. The fourth-order valence-electron chi connectivity index (χ4n) is 2.63. The van der Waals surface area contributed by atoms with Crippen LogP contribution >= 0.6 is 0 Å². The molecule has 0 saturated carbocycles. The number of ether oxygens (including phenoxy) is 4. The van der Waals surface area contributed by atoms with Gasteiger partial charge in [0.05, 0.1) is 25.7 Å². The third kappa shape index (κ3) is 4.10.